The second-order valence-corrected chi connectivity index (χ2v) is 4.27. The van der Waals surface area contributed by atoms with E-state index in [0.29, 0.717) is 6.54 Å². The Balaban J connectivity index is 2.60. The number of nitrogens with zero attached hydrogens (tertiary/aromatic N) is 1. The number of hydrogen-bond acceptors (Lipinski definition) is 3. The molecule has 0 aromatic carbocycles. The maximum atomic E-state index is 11.1. The van der Waals surface area contributed by atoms with Gasteiger partial charge in [-0.15, -0.1) is 0 Å². The molecule has 0 aliphatic rings. The van der Waals surface area contributed by atoms with Crippen LogP contribution in [-0.2, 0) is 4.79 Å². The molecule has 1 aromatic heterocycles. The van der Waals surface area contributed by atoms with Crippen LogP contribution in [-0.4, -0.2) is 31.4 Å². The molecule has 0 radical (unpaired) electrons. The highest BCUT2D eigenvalue weighted by molar-refractivity contribution is 7.07. The Morgan fingerprint density at radius 2 is 2.47 bits per heavy atom. The Morgan fingerprint density at radius 1 is 1.73 bits per heavy atom. The zero-order chi connectivity index (χ0) is 11.3. The molecule has 82 valence electrons. The van der Waals surface area contributed by atoms with Gasteiger partial charge < -0.3 is 10.2 Å². The van der Waals surface area contributed by atoms with E-state index in [4.69, 9.17) is 0 Å². The lowest BCUT2D eigenvalue weighted by atomic mass is 10.1. The van der Waals surface area contributed by atoms with Crippen LogP contribution >= 0.6 is 11.3 Å². The maximum Gasteiger partial charge on any atom is 0.243 e. The van der Waals surface area contributed by atoms with Crippen molar-refractivity contribution < 1.29 is 4.79 Å². The van der Waals surface area contributed by atoms with Crippen LogP contribution in [0, 0.1) is 0 Å². The Morgan fingerprint density at radius 3 is 2.93 bits per heavy atom. The molecule has 1 heterocycles. The summed E-state index contributed by atoms with van der Waals surface area (Å²) in [6, 6.07) is 2.30. The smallest absolute Gasteiger partial charge is 0.243 e. The van der Waals surface area contributed by atoms with Crippen molar-refractivity contribution in [3.8, 4) is 0 Å². The van der Waals surface area contributed by atoms with Gasteiger partial charge in [0.25, 0.3) is 0 Å². The molecule has 0 aliphatic heterocycles. The van der Waals surface area contributed by atoms with E-state index < -0.39 is 0 Å². The molecule has 0 saturated heterocycles. The van der Waals surface area contributed by atoms with E-state index >= 15 is 0 Å². The Kier molecular flexibility index (Phi) is 4.52. The summed E-state index contributed by atoms with van der Waals surface area (Å²) in [5, 5.41) is 6.95. The van der Waals surface area contributed by atoms with E-state index in [0.717, 1.165) is 0 Å². The van der Waals surface area contributed by atoms with Gasteiger partial charge in [-0.2, -0.15) is 11.3 Å². The number of likely N-dealkylation sites (N-methyl/N-ethyl adjacent to an activating group) is 1. The highest BCUT2D eigenvalue weighted by Crippen LogP contribution is 2.19. The molecule has 1 atom stereocenters. The molecule has 0 aliphatic carbocycles. The first-order valence-electron chi connectivity index (χ1n) is 4.74. The van der Waals surface area contributed by atoms with E-state index in [1.54, 1.807) is 11.3 Å². The molecular formula is C11H16N2OS. The van der Waals surface area contributed by atoms with Crippen molar-refractivity contribution in [3.63, 3.8) is 0 Å². The fourth-order valence-corrected chi connectivity index (χ4v) is 2.04. The second kappa shape index (κ2) is 5.68. The molecule has 0 unspecified atom stereocenters. The monoisotopic (exact) mass is 224 g/mol. The molecule has 0 bridgehead atoms. The fourth-order valence-electron chi connectivity index (χ4n) is 1.33. The van der Waals surface area contributed by atoms with E-state index in [1.807, 2.05) is 19.5 Å². The van der Waals surface area contributed by atoms with Gasteiger partial charge in [0.15, 0.2) is 0 Å². The Labute approximate surface area is 94.4 Å². The largest absolute Gasteiger partial charge is 0.351 e. The first-order chi connectivity index (χ1) is 7.15. The molecule has 1 aromatic rings. The van der Waals surface area contributed by atoms with Crippen LogP contribution in [0.5, 0.6) is 0 Å². The number of carbonyl (C=O) groups excluding carboxylic acids is 1. The number of carbonyl (C=O) groups is 1. The molecule has 0 fully saturated rings. The highest BCUT2D eigenvalue weighted by Gasteiger charge is 2.14. The van der Waals surface area contributed by atoms with Gasteiger partial charge in [0.2, 0.25) is 5.91 Å². The summed E-state index contributed by atoms with van der Waals surface area (Å²) in [5.41, 5.74) is 1.23. The average Bonchev–Trinajstić information content (AvgIpc) is 2.70. The van der Waals surface area contributed by atoms with Crippen LogP contribution in [0.25, 0.3) is 0 Å². The van der Waals surface area contributed by atoms with Crippen LogP contribution in [0.3, 0.4) is 0 Å². The van der Waals surface area contributed by atoms with E-state index in [9.17, 15) is 4.79 Å². The van der Waals surface area contributed by atoms with E-state index in [2.05, 4.69) is 28.2 Å². The van der Waals surface area contributed by atoms with Gasteiger partial charge in [0.05, 0.1) is 6.04 Å². The Hall–Kier alpha value is -1.13. The van der Waals surface area contributed by atoms with Crippen molar-refractivity contribution in [1.29, 1.82) is 0 Å². The standard InChI is InChI=1S/C11H16N2OS/c1-4-11(14)12-7-10(13(2)3)9-5-6-15-8-9/h4-6,8,10H,1,7H2,2-3H3,(H,12,14)/t10-/m1/s1. The molecular weight excluding hydrogens is 208 g/mol. The van der Waals surface area contributed by atoms with Gasteiger partial charge in [0.1, 0.15) is 0 Å². The lowest BCUT2D eigenvalue weighted by Crippen LogP contribution is -2.33. The molecule has 15 heavy (non-hydrogen) atoms. The van der Waals surface area contributed by atoms with Crippen molar-refractivity contribution >= 4 is 17.2 Å². The Bertz CT molecular complexity index is 319. The molecule has 4 heteroatoms. The van der Waals surface area contributed by atoms with Gasteiger partial charge in [-0.1, -0.05) is 6.58 Å². The summed E-state index contributed by atoms with van der Waals surface area (Å²) < 4.78 is 0. The number of amides is 1. The summed E-state index contributed by atoms with van der Waals surface area (Å²) >= 11 is 1.67. The minimum Gasteiger partial charge on any atom is -0.351 e. The van der Waals surface area contributed by atoms with E-state index in [1.165, 1.54) is 11.6 Å². The molecule has 0 spiro atoms. The van der Waals surface area contributed by atoms with Crippen molar-refractivity contribution in [3.05, 3.63) is 35.0 Å². The zero-order valence-corrected chi connectivity index (χ0v) is 9.88. The van der Waals surface area contributed by atoms with Crippen molar-refractivity contribution in [2.45, 2.75) is 6.04 Å². The highest BCUT2D eigenvalue weighted by atomic mass is 32.1. The summed E-state index contributed by atoms with van der Waals surface area (Å²) in [4.78, 5) is 13.2. The van der Waals surface area contributed by atoms with Crippen LogP contribution in [0.15, 0.2) is 29.5 Å². The first-order valence-corrected chi connectivity index (χ1v) is 5.68. The predicted octanol–water partition coefficient (Wildman–Crippen LogP) is 1.65. The normalized spacial score (nSPS) is 12.5. The quantitative estimate of drug-likeness (QED) is 0.771. The van der Waals surface area contributed by atoms with Crippen LogP contribution in [0.4, 0.5) is 0 Å². The third-order valence-electron chi connectivity index (χ3n) is 2.21. The average molecular weight is 224 g/mol. The van der Waals surface area contributed by atoms with Crippen LogP contribution in [0.1, 0.15) is 11.6 Å². The number of rotatable bonds is 5. The minimum atomic E-state index is -0.128. The third kappa shape index (κ3) is 3.49. The lowest BCUT2D eigenvalue weighted by molar-refractivity contribution is -0.116. The van der Waals surface area contributed by atoms with Gasteiger partial charge in [0, 0.05) is 6.54 Å². The summed E-state index contributed by atoms with van der Waals surface area (Å²) in [5.74, 6) is -0.128. The van der Waals surface area contributed by atoms with Gasteiger partial charge in [-0.05, 0) is 42.6 Å². The van der Waals surface area contributed by atoms with Crippen molar-refractivity contribution in [2.75, 3.05) is 20.6 Å². The SMILES string of the molecule is C=CC(=O)NC[C@H](c1ccsc1)N(C)C. The second-order valence-electron chi connectivity index (χ2n) is 3.49. The number of thiophene rings is 1. The van der Waals surface area contributed by atoms with Crippen LogP contribution < -0.4 is 5.32 Å². The third-order valence-corrected chi connectivity index (χ3v) is 2.91. The maximum absolute atomic E-state index is 11.1. The van der Waals surface area contributed by atoms with Crippen LogP contribution in [0.2, 0.25) is 0 Å². The number of hydrogen-bond donors (Lipinski definition) is 1. The number of nitrogens with one attached hydrogen (secondary N) is 1. The van der Waals surface area contributed by atoms with Gasteiger partial charge in [-0.3, -0.25) is 4.79 Å². The zero-order valence-electron chi connectivity index (χ0n) is 9.06. The summed E-state index contributed by atoms with van der Waals surface area (Å²) in [6.45, 7) is 4.03. The summed E-state index contributed by atoms with van der Waals surface area (Å²) in [7, 11) is 4.00. The minimum absolute atomic E-state index is 0.128. The van der Waals surface area contributed by atoms with Gasteiger partial charge in [-0.25, -0.2) is 0 Å². The van der Waals surface area contributed by atoms with E-state index in [-0.39, 0.29) is 11.9 Å². The van der Waals surface area contributed by atoms with Crippen molar-refractivity contribution in [2.24, 2.45) is 0 Å². The fraction of sp³-hybridized carbons (Fsp3) is 0.364. The van der Waals surface area contributed by atoms with Crippen molar-refractivity contribution in [1.82, 2.24) is 10.2 Å². The molecule has 1 N–H and O–H groups in total. The molecule has 3 nitrogen and oxygen atoms in total. The first kappa shape index (κ1) is 11.9. The van der Waals surface area contributed by atoms with Gasteiger partial charge >= 0.3 is 0 Å². The molecule has 1 amide bonds. The molecule has 0 saturated carbocycles. The summed E-state index contributed by atoms with van der Waals surface area (Å²) in [6.07, 6.45) is 1.29. The lowest BCUT2D eigenvalue weighted by Gasteiger charge is -2.23. The molecule has 1 rings (SSSR count). The predicted molar refractivity (Wildman–Crippen MR) is 64.0 cm³/mol. The topological polar surface area (TPSA) is 32.3 Å².